The molecule has 0 bridgehead atoms. The number of ether oxygens (including phenoxy) is 1. The molecule has 4 heteroatoms. The van der Waals surface area contributed by atoms with Gasteiger partial charge < -0.3 is 15.8 Å². The topological polar surface area (TPSA) is 60.2 Å². The highest BCUT2D eigenvalue weighted by Gasteiger charge is 2.23. The van der Waals surface area contributed by atoms with Crippen molar-refractivity contribution in [1.29, 1.82) is 0 Å². The first kappa shape index (κ1) is 13.1. The standard InChI is InChI=1S/C14H23N3O/c1-2-9-18-13-7-4-8-16-14(13)17-10-11-5-3-6-12(11)15/h4,7-8,11-12H,2-3,5-6,9-10,15H2,1H3,(H,16,17). The van der Waals surface area contributed by atoms with E-state index >= 15 is 0 Å². The van der Waals surface area contributed by atoms with Crippen molar-refractivity contribution in [3.63, 3.8) is 0 Å². The molecule has 1 heterocycles. The molecule has 0 aromatic carbocycles. The van der Waals surface area contributed by atoms with Crippen LogP contribution < -0.4 is 15.8 Å². The molecular weight excluding hydrogens is 226 g/mol. The molecule has 4 nitrogen and oxygen atoms in total. The van der Waals surface area contributed by atoms with Crippen LogP contribution in [0, 0.1) is 5.92 Å². The molecule has 1 aromatic rings. The molecule has 3 N–H and O–H groups in total. The van der Waals surface area contributed by atoms with E-state index in [4.69, 9.17) is 10.5 Å². The molecule has 2 unspecified atom stereocenters. The fourth-order valence-corrected chi connectivity index (χ4v) is 2.40. The monoisotopic (exact) mass is 249 g/mol. The van der Waals surface area contributed by atoms with E-state index < -0.39 is 0 Å². The van der Waals surface area contributed by atoms with E-state index in [9.17, 15) is 0 Å². The number of pyridine rings is 1. The quantitative estimate of drug-likeness (QED) is 0.813. The number of hydrogen-bond acceptors (Lipinski definition) is 4. The van der Waals surface area contributed by atoms with Gasteiger partial charge in [0.15, 0.2) is 11.6 Å². The number of anilines is 1. The Kier molecular flexibility index (Phi) is 4.81. The van der Waals surface area contributed by atoms with Gasteiger partial charge in [0.05, 0.1) is 6.61 Å². The van der Waals surface area contributed by atoms with E-state index in [1.807, 2.05) is 12.1 Å². The minimum absolute atomic E-state index is 0.334. The zero-order valence-corrected chi connectivity index (χ0v) is 11.1. The zero-order chi connectivity index (χ0) is 12.8. The number of aromatic nitrogens is 1. The Morgan fingerprint density at radius 1 is 1.50 bits per heavy atom. The Morgan fingerprint density at radius 3 is 3.11 bits per heavy atom. The maximum atomic E-state index is 6.07. The first-order chi connectivity index (χ1) is 8.81. The van der Waals surface area contributed by atoms with E-state index in [-0.39, 0.29) is 0 Å². The smallest absolute Gasteiger partial charge is 0.168 e. The van der Waals surface area contributed by atoms with Crippen LogP contribution in [0.4, 0.5) is 5.82 Å². The average molecular weight is 249 g/mol. The fourth-order valence-electron chi connectivity index (χ4n) is 2.40. The van der Waals surface area contributed by atoms with E-state index in [1.54, 1.807) is 6.20 Å². The summed E-state index contributed by atoms with van der Waals surface area (Å²) in [5.41, 5.74) is 6.07. The van der Waals surface area contributed by atoms with Crippen molar-refractivity contribution in [3.8, 4) is 5.75 Å². The first-order valence-corrected chi connectivity index (χ1v) is 6.88. The Labute approximate surface area is 109 Å². The Balaban J connectivity index is 1.91. The van der Waals surface area contributed by atoms with Crippen molar-refractivity contribution in [2.45, 2.75) is 38.6 Å². The lowest BCUT2D eigenvalue weighted by Gasteiger charge is -2.17. The molecular formula is C14H23N3O. The Bertz CT molecular complexity index is 370. The van der Waals surface area contributed by atoms with Crippen LogP contribution in [-0.4, -0.2) is 24.2 Å². The predicted octanol–water partition coefficient (Wildman–Crippen LogP) is 2.41. The molecule has 2 rings (SSSR count). The maximum absolute atomic E-state index is 6.07. The van der Waals surface area contributed by atoms with Gasteiger partial charge in [-0.3, -0.25) is 0 Å². The van der Waals surface area contributed by atoms with Crippen LogP contribution >= 0.6 is 0 Å². The number of nitrogens with two attached hydrogens (primary N) is 1. The summed E-state index contributed by atoms with van der Waals surface area (Å²) in [6.45, 7) is 3.71. The molecule has 0 aliphatic heterocycles. The molecule has 100 valence electrons. The zero-order valence-electron chi connectivity index (χ0n) is 11.1. The first-order valence-electron chi connectivity index (χ1n) is 6.88. The van der Waals surface area contributed by atoms with Crippen LogP contribution in [0.5, 0.6) is 5.75 Å². The Hall–Kier alpha value is -1.29. The molecule has 1 aromatic heterocycles. The van der Waals surface area contributed by atoms with Gasteiger partial charge in [0.25, 0.3) is 0 Å². The van der Waals surface area contributed by atoms with Crippen LogP contribution in [0.1, 0.15) is 32.6 Å². The largest absolute Gasteiger partial charge is 0.490 e. The molecule has 0 amide bonds. The van der Waals surface area contributed by atoms with Crippen molar-refractivity contribution in [2.75, 3.05) is 18.5 Å². The molecule has 0 spiro atoms. The molecule has 1 aliphatic carbocycles. The number of nitrogens with zero attached hydrogens (tertiary/aromatic N) is 1. The Morgan fingerprint density at radius 2 is 2.39 bits per heavy atom. The highest BCUT2D eigenvalue weighted by atomic mass is 16.5. The SMILES string of the molecule is CCCOc1cccnc1NCC1CCCC1N. The summed E-state index contributed by atoms with van der Waals surface area (Å²) in [4.78, 5) is 4.34. The summed E-state index contributed by atoms with van der Waals surface area (Å²) in [5, 5.41) is 3.38. The summed E-state index contributed by atoms with van der Waals surface area (Å²) >= 11 is 0. The van der Waals surface area contributed by atoms with Crippen molar-refractivity contribution in [3.05, 3.63) is 18.3 Å². The lowest BCUT2D eigenvalue weighted by molar-refractivity contribution is 0.317. The highest BCUT2D eigenvalue weighted by Crippen LogP contribution is 2.26. The van der Waals surface area contributed by atoms with Gasteiger partial charge in [-0.2, -0.15) is 0 Å². The lowest BCUT2D eigenvalue weighted by Crippen LogP contribution is -2.29. The van der Waals surface area contributed by atoms with Gasteiger partial charge in [0.1, 0.15) is 0 Å². The van der Waals surface area contributed by atoms with Gasteiger partial charge in [-0.1, -0.05) is 13.3 Å². The fraction of sp³-hybridized carbons (Fsp3) is 0.643. The number of nitrogens with one attached hydrogen (secondary N) is 1. The minimum atomic E-state index is 0.334. The summed E-state index contributed by atoms with van der Waals surface area (Å²) in [5.74, 6) is 2.24. The van der Waals surface area contributed by atoms with E-state index in [1.165, 1.54) is 12.8 Å². The van der Waals surface area contributed by atoms with Gasteiger partial charge in [0, 0.05) is 18.8 Å². The third kappa shape index (κ3) is 3.35. The molecule has 1 saturated carbocycles. The van der Waals surface area contributed by atoms with Crippen molar-refractivity contribution in [2.24, 2.45) is 11.7 Å². The maximum Gasteiger partial charge on any atom is 0.168 e. The van der Waals surface area contributed by atoms with Crippen LogP contribution in [0.25, 0.3) is 0 Å². The molecule has 2 atom stereocenters. The highest BCUT2D eigenvalue weighted by molar-refractivity contribution is 5.49. The normalized spacial score (nSPS) is 23.0. The number of hydrogen-bond donors (Lipinski definition) is 2. The van der Waals surface area contributed by atoms with Crippen molar-refractivity contribution < 1.29 is 4.74 Å². The van der Waals surface area contributed by atoms with Gasteiger partial charge in [-0.25, -0.2) is 4.98 Å². The predicted molar refractivity (Wildman–Crippen MR) is 73.8 cm³/mol. The van der Waals surface area contributed by atoms with Gasteiger partial charge >= 0.3 is 0 Å². The summed E-state index contributed by atoms with van der Waals surface area (Å²) in [7, 11) is 0. The van der Waals surface area contributed by atoms with E-state index in [0.29, 0.717) is 12.0 Å². The van der Waals surface area contributed by atoms with Crippen LogP contribution in [0.15, 0.2) is 18.3 Å². The summed E-state index contributed by atoms with van der Waals surface area (Å²) < 4.78 is 5.67. The van der Waals surface area contributed by atoms with Gasteiger partial charge in [-0.15, -0.1) is 0 Å². The second-order valence-electron chi connectivity index (χ2n) is 4.93. The number of rotatable bonds is 6. The second-order valence-corrected chi connectivity index (χ2v) is 4.93. The third-order valence-electron chi connectivity index (χ3n) is 3.48. The van der Waals surface area contributed by atoms with Crippen LogP contribution in [-0.2, 0) is 0 Å². The van der Waals surface area contributed by atoms with E-state index in [0.717, 1.165) is 37.6 Å². The summed E-state index contributed by atoms with van der Waals surface area (Å²) in [6.07, 6.45) is 6.40. The van der Waals surface area contributed by atoms with Crippen LogP contribution in [0.3, 0.4) is 0 Å². The minimum Gasteiger partial charge on any atom is -0.490 e. The second kappa shape index (κ2) is 6.59. The van der Waals surface area contributed by atoms with Crippen molar-refractivity contribution in [1.82, 2.24) is 4.98 Å². The molecule has 0 radical (unpaired) electrons. The van der Waals surface area contributed by atoms with Gasteiger partial charge in [-0.05, 0) is 37.3 Å². The van der Waals surface area contributed by atoms with Gasteiger partial charge in [0.2, 0.25) is 0 Å². The third-order valence-corrected chi connectivity index (χ3v) is 3.48. The summed E-state index contributed by atoms with van der Waals surface area (Å²) in [6, 6.07) is 4.19. The molecule has 18 heavy (non-hydrogen) atoms. The average Bonchev–Trinajstić information content (AvgIpc) is 2.80. The molecule has 0 saturated heterocycles. The van der Waals surface area contributed by atoms with Crippen LogP contribution in [0.2, 0.25) is 0 Å². The lowest BCUT2D eigenvalue weighted by atomic mass is 10.1. The molecule has 1 aliphatic rings. The van der Waals surface area contributed by atoms with Crippen molar-refractivity contribution >= 4 is 5.82 Å². The van der Waals surface area contributed by atoms with E-state index in [2.05, 4.69) is 17.2 Å². The molecule has 1 fully saturated rings.